The number of halogens is 4. The largest absolute Gasteiger partial charge is 0.419 e. The van der Waals surface area contributed by atoms with Crippen LogP contribution in [0.15, 0.2) is 24.7 Å². The Morgan fingerprint density at radius 1 is 1.29 bits per heavy atom. The monoisotopic (exact) mass is 262 g/mol. The first kappa shape index (κ1) is 11.7. The summed E-state index contributed by atoms with van der Waals surface area (Å²) in [5.41, 5.74) is 4.88. The molecule has 0 radical (unpaired) electrons. The second-order valence-electron chi connectivity index (χ2n) is 3.25. The lowest BCUT2D eigenvalue weighted by Crippen LogP contribution is -2.03. The Bertz CT molecular complexity index is 549. The first-order valence-corrected chi connectivity index (χ1v) is 4.79. The highest BCUT2D eigenvalue weighted by Gasteiger charge is 2.32. The van der Waals surface area contributed by atoms with E-state index in [9.17, 15) is 13.2 Å². The van der Waals surface area contributed by atoms with E-state index in [4.69, 9.17) is 17.3 Å². The Labute approximate surface area is 98.8 Å². The normalized spacial score (nSPS) is 11.8. The number of rotatable bonds is 1. The van der Waals surface area contributed by atoms with E-state index < -0.39 is 11.7 Å². The lowest BCUT2D eigenvalue weighted by molar-refractivity contribution is -0.137. The van der Waals surface area contributed by atoms with Crippen LogP contribution < -0.4 is 5.73 Å². The molecule has 2 heterocycles. The fraction of sp³-hybridized carbons (Fsp3) is 0.111. The predicted molar refractivity (Wildman–Crippen MR) is 55.8 cm³/mol. The van der Waals surface area contributed by atoms with Gasteiger partial charge in [0.2, 0.25) is 0 Å². The van der Waals surface area contributed by atoms with Crippen LogP contribution in [0.1, 0.15) is 5.56 Å². The maximum Gasteiger partial charge on any atom is 0.419 e. The van der Waals surface area contributed by atoms with Gasteiger partial charge in [0.05, 0.1) is 28.7 Å². The minimum Gasteiger partial charge on any atom is -0.397 e. The summed E-state index contributed by atoms with van der Waals surface area (Å²) in [6.07, 6.45) is -1.65. The summed E-state index contributed by atoms with van der Waals surface area (Å²) in [7, 11) is 0. The van der Waals surface area contributed by atoms with Crippen molar-refractivity contribution >= 4 is 17.3 Å². The van der Waals surface area contributed by atoms with Crippen molar-refractivity contribution in [3.05, 3.63) is 35.2 Å². The van der Waals surface area contributed by atoms with Crippen molar-refractivity contribution in [3.63, 3.8) is 0 Å². The molecule has 0 aromatic carbocycles. The van der Waals surface area contributed by atoms with Gasteiger partial charge in [0.15, 0.2) is 5.82 Å². The first-order chi connectivity index (χ1) is 7.88. The van der Waals surface area contributed by atoms with Crippen LogP contribution in [0.5, 0.6) is 0 Å². The van der Waals surface area contributed by atoms with Gasteiger partial charge in [-0.2, -0.15) is 18.3 Å². The standard InChI is InChI=1S/C9H6ClF3N4/c10-7-1-6(14)3-15-8(7)17-4-5(2-16-17)9(11,12)13/h1-4H,14H2. The number of alkyl halides is 3. The molecule has 0 spiro atoms. The fourth-order valence-electron chi connectivity index (χ4n) is 1.20. The Morgan fingerprint density at radius 3 is 2.53 bits per heavy atom. The van der Waals surface area contributed by atoms with Gasteiger partial charge in [-0.25, -0.2) is 9.67 Å². The van der Waals surface area contributed by atoms with Crippen LogP contribution >= 0.6 is 11.6 Å². The van der Waals surface area contributed by atoms with E-state index in [1.165, 1.54) is 12.3 Å². The van der Waals surface area contributed by atoms with Crippen LogP contribution in [-0.2, 0) is 6.18 Å². The van der Waals surface area contributed by atoms with Gasteiger partial charge in [0.25, 0.3) is 0 Å². The van der Waals surface area contributed by atoms with Gasteiger partial charge in [-0.1, -0.05) is 11.6 Å². The van der Waals surface area contributed by atoms with E-state index in [1.54, 1.807) is 0 Å². The van der Waals surface area contributed by atoms with Gasteiger partial charge in [0, 0.05) is 6.20 Å². The molecule has 2 rings (SSSR count). The predicted octanol–water partition coefficient (Wildman–Crippen LogP) is 2.52. The number of anilines is 1. The molecule has 0 bridgehead atoms. The molecule has 17 heavy (non-hydrogen) atoms. The zero-order valence-corrected chi connectivity index (χ0v) is 9.00. The van der Waals surface area contributed by atoms with Crippen molar-refractivity contribution in [3.8, 4) is 5.82 Å². The smallest absolute Gasteiger partial charge is 0.397 e. The summed E-state index contributed by atoms with van der Waals surface area (Å²) < 4.78 is 38.0. The number of nitrogens with two attached hydrogens (primary N) is 1. The number of hydrogen-bond donors (Lipinski definition) is 1. The molecular formula is C9H6ClF3N4. The second-order valence-corrected chi connectivity index (χ2v) is 3.65. The van der Waals surface area contributed by atoms with Crippen molar-refractivity contribution in [1.82, 2.24) is 14.8 Å². The molecule has 0 amide bonds. The quantitative estimate of drug-likeness (QED) is 0.859. The Balaban J connectivity index is 2.44. The molecule has 2 aromatic heterocycles. The molecule has 0 saturated carbocycles. The second kappa shape index (κ2) is 3.92. The zero-order chi connectivity index (χ0) is 12.6. The van der Waals surface area contributed by atoms with Crippen LogP contribution in [0.2, 0.25) is 5.02 Å². The van der Waals surface area contributed by atoms with Crippen LogP contribution in [0, 0.1) is 0 Å². The highest BCUT2D eigenvalue weighted by molar-refractivity contribution is 6.32. The molecule has 0 aliphatic carbocycles. The maximum absolute atomic E-state index is 12.4. The lowest BCUT2D eigenvalue weighted by atomic mass is 10.3. The average molecular weight is 263 g/mol. The van der Waals surface area contributed by atoms with Gasteiger partial charge in [0.1, 0.15) is 0 Å². The number of nitrogen functional groups attached to an aromatic ring is 1. The van der Waals surface area contributed by atoms with E-state index in [1.807, 2.05) is 0 Å². The molecule has 90 valence electrons. The summed E-state index contributed by atoms with van der Waals surface area (Å²) in [4.78, 5) is 3.82. The molecule has 0 aliphatic rings. The van der Waals surface area contributed by atoms with Crippen molar-refractivity contribution in [1.29, 1.82) is 0 Å². The van der Waals surface area contributed by atoms with Crippen molar-refractivity contribution < 1.29 is 13.2 Å². The highest BCUT2D eigenvalue weighted by atomic mass is 35.5. The van der Waals surface area contributed by atoms with E-state index in [0.29, 0.717) is 11.9 Å². The van der Waals surface area contributed by atoms with Gasteiger partial charge in [-0.15, -0.1) is 0 Å². The van der Waals surface area contributed by atoms with Gasteiger partial charge in [-0.3, -0.25) is 0 Å². The Morgan fingerprint density at radius 2 is 2.00 bits per heavy atom. The average Bonchev–Trinajstić information content (AvgIpc) is 2.65. The van der Waals surface area contributed by atoms with E-state index in [2.05, 4.69) is 10.1 Å². The minimum atomic E-state index is -4.45. The fourth-order valence-corrected chi connectivity index (χ4v) is 1.46. The van der Waals surface area contributed by atoms with Crippen LogP contribution in [0.25, 0.3) is 5.82 Å². The van der Waals surface area contributed by atoms with Gasteiger partial charge < -0.3 is 5.73 Å². The SMILES string of the molecule is Nc1cnc(-n2cc(C(F)(F)F)cn2)c(Cl)c1. The van der Waals surface area contributed by atoms with Crippen molar-refractivity contribution in [2.75, 3.05) is 5.73 Å². The molecular weight excluding hydrogens is 257 g/mol. The summed E-state index contributed by atoms with van der Waals surface area (Å²) in [5.74, 6) is 0.0939. The molecule has 0 fully saturated rings. The summed E-state index contributed by atoms with van der Waals surface area (Å²) >= 11 is 5.80. The minimum absolute atomic E-state index is 0.0939. The first-order valence-electron chi connectivity index (χ1n) is 4.41. The summed E-state index contributed by atoms with van der Waals surface area (Å²) in [6.45, 7) is 0. The summed E-state index contributed by atoms with van der Waals surface area (Å²) in [6, 6.07) is 1.39. The number of hydrogen-bond acceptors (Lipinski definition) is 3. The summed E-state index contributed by atoms with van der Waals surface area (Å²) in [5, 5.41) is 3.68. The molecule has 4 nitrogen and oxygen atoms in total. The molecule has 2 aromatic rings. The molecule has 8 heteroatoms. The van der Waals surface area contributed by atoms with Crippen LogP contribution in [-0.4, -0.2) is 14.8 Å². The van der Waals surface area contributed by atoms with Crippen molar-refractivity contribution in [2.24, 2.45) is 0 Å². The molecule has 0 unspecified atom stereocenters. The zero-order valence-electron chi connectivity index (χ0n) is 8.24. The van der Waals surface area contributed by atoms with Crippen molar-refractivity contribution in [2.45, 2.75) is 6.18 Å². The van der Waals surface area contributed by atoms with Crippen LogP contribution in [0.4, 0.5) is 18.9 Å². The molecule has 0 saturated heterocycles. The Hall–Kier alpha value is -1.76. The van der Waals surface area contributed by atoms with Gasteiger partial charge in [-0.05, 0) is 6.07 Å². The van der Waals surface area contributed by atoms with E-state index in [-0.39, 0.29) is 10.8 Å². The maximum atomic E-state index is 12.4. The molecule has 0 aliphatic heterocycles. The van der Waals surface area contributed by atoms with E-state index >= 15 is 0 Å². The number of pyridine rings is 1. The van der Waals surface area contributed by atoms with Crippen LogP contribution in [0.3, 0.4) is 0 Å². The molecule has 2 N–H and O–H groups in total. The third kappa shape index (κ3) is 2.33. The van der Waals surface area contributed by atoms with Gasteiger partial charge >= 0.3 is 6.18 Å². The highest BCUT2D eigenvalue weighted by Crippen LogP contribution is 2.29. The lowest BCUT2D eigenvalue weighted by Gasteiger charge is -2.04. The topological polar surface area (TPSA) is 56.7 Å². The Kier molecular flexibility index (Phi) is 2.70. The third-order valence-electron chi connectivity index (χ3n) is 1.97. The third-order valence-corrected chi connectivity index (χ3v) is 2.25. The number of nitrogens with zero attached hydrogens (tertiary/aromatic N) is 3. The molecule has 0 atom stereocenters. The van der Waals surface area contributed by atoms with E-state index in [0.717, 1.165) is 10.9 Å². The number of aromatic nitrogens is 3.